The van der Waals surface area contributed by atoms with Gasteiger partial charge in [0.2, 0.25) is 5.95 Å². The minimum atomic E-state index is 0.607. The zero-order valence-corrected chi connectivity index (χ0v) is 8.43. The zero-order valence-electron chi connectivity index (χ0n) is 7.61. The summed E-state index contributed by atoms with van der Waals surface area (Å²) < 4.78 is 0. The molecule has 0 radical (unpaired) electrons. The summed E-state index contributed by atoms with van der Waals surface area (Å²) in [6, 6.07) is 0. The summed E-state index contributed by atoms with van der Waals surface area (Å²) in [7, 11) is 1.89. The van der Waals surface area contributed by atoms with Crippen LogP contribution in [0.4, 0.5) is 11.1 Å². The molecule has 0 aliphatic carbocycles. The number of aromatic amines is 1. The molecule has 7 heteroatoms. The molecule has 2 aromatic rings. The first-order chi connectivity index (χ1) is 6.88. The van der Waals surface area contributed by atoms with E-state index in [0.717, 1.165) is 17.4 Å². The summed E-state index contributed by atoms with van der Waals surface area (Å²) in [6.07, 6.45) is 1.45. The molecule has 3 N–H and O–H groups in total. The predicted molar refractivity (Wildman–Crippen MR) is 54.5 cm³/mol. The Morgan fingerprint density at radius 2 is 2.50 bits per heavy atom. The lowest BCUT2D eigenvalue weighted by molar-refractivity contribution is 0.798. The van der Waals surface area contributed by atoms with Crippen LogP contribution in [0.25, 0.3) is 0 Å². The fourth-order valence-corrected chi connectivity index (χ4v) is 1.70. The number of hydrogen-bond acceptors (Lipinski definition) is 6. The van der Waals surface area contributed by atoms with Crippen LogP contribution in [0.1, 0.15) is 5.69 Å². The lowest BCUT2D eigenvalue weighted by Crippen LogP contribution is -2.05. The lowest BCUT2D eigenvalue weighted by Gasteiger charge is -1.95. The van der Waals surface area contributed by atoms with Gasteiger partial charge in [-0.15, -0.1) is 11.3 Å². The normalized spacial score (nSPS) is 10.4. The molecular formula is C7H10N6S. The van der Waals surface area contributed by atoms with Crippen molar-refractivity contribution < 1.29 is 0 Å². The summed E-state index contributed by atoms with van der Waals surface area (Å²) in [5.74, 6) is 0.607. The number of thiazole rings is 1. The van der Waals surface area contributed by atoms with Gasteiger partial charge in [0.15, 0.2) is 5.13 Å². The second kappa shape index (κ2) is 4.16. The van der Waals surface area contributed by atoms with Gasteiger partial charge in [-0.1, -0.05) is 0 Å². The standard InChI is InChI=1S/C7H10N6S/c1-8-2-5-3-14-7(11-5)12-6-9-4-10-13-6/h3-4,8H,2H2,1H3,(H2,9,10,11,12,13). The molecule has 0 aliphatic rings. The van der Waals surface area contributed by atoms with E-state index < -0.39 is 0 Å². The maximum absolute atomic E-state index is 4.33. The van der Waals surface area contributed by atoms with Crippen molar-refractivity contribution in [3.63, 3.8) is 0 Å². The molecule has 0 spiro atoms. The molecule has 0 atom stereocenters. The van der Waals surface area contributed by atoms with E-state index in [-0.39, 0.29) is 0 Å². The fraction of sp³-hybridized carbons (Fsp3) is 0.286. The average molecular weight is 210 g/mol. The van der Waals surface area contributed by atoms with Crippen LogP contribution < -0.4 is 10.6 Å². The molecule has 0 aliphatic heterocycles. The minimum Gasteiger partial charge on any atom is -0.314 e. The fourth-order valence-electron chi connectivity index (χ4n) is 0.994. The van der Waals surface area contributed by atoms with E-state index in [9.17, 15) is 0 Å². The molecule has 2 rings (SSSR count). The Morgan fingerprint density at radius 1 is 1.57 bits per heavy atom. The average Bonchev–Trinajstić information content (AvgIpc) is 2.79. The van der Waals surface area contributed by atoms with Crippen LogP contribution in [0.2, 0.25) is 0 Å². The highest BCUT2D eigenvalue weighted by atomic mass is 32.1. The Labute approximate surface area is 84.8 Å². The van der Waals surface area contributed by atoms with E-state index >= 15 is 0 Å². The van der Waals surface area contributed by atoms with Gasteiger partial charge < -0.3 is 10.6 Å². The molecule has 74 valence electrons. The number of H-pyrrole nitrogens is 1. The SMILES string of the molecule is CNCc1csc(Nc2ncn[nH]2)n1. The summed E-state index contributed by atoms with van der Waals surface area (Å²) >= 11 is 1.54. The van der Waals surface area contributed by atoms with E-state index in [1.165, 1.54) is 17.7 Å². The van der Waals surface area contributed by atoms with Crippen molar-refractivity contribution >= 4 is 22.4 Å². The number of rotatable bonds is 4. The minimum absolute atomic E-state index is 0.607. The van der Waals surface area contributed by atoms with Gasteiger partial charge in [0.05, 0.1) is 5.69 Å². The highest BCUT2D eigenvalue weighted by molar-refractivity contribution is 7.13. The molecular weight excluding hydrogens is 200 g/mol. The van der Waals surface area contributed by atoms with Crippen molar-refractivity contribution in [2.75, 3.05) is 12.4 Å². The maximum Gasteiger partial charge on any atom is 0.224 e. The molecule has 0 unspecified atom stereocenters. The van der Waals surface area contributed by atoms with Crippen LogP contribution in [0, 0.1) is 0 Å². The van der Waals surface area contributed by atoms with E-state index in [1.807, 2.05) is 12.4 Å². The molecule has 0 saturated carbocycles. The number of nitrogens with zero attached hydrogens (tertiary/aromatic N) is 3. The molecule has 0 saturated heterocycles. The van der Waals surface area contributed by atoms with Gasteiger partial charge in [-0.05, 0) is 7.05 Å². The quantitative estimate of drug-likeness (QED) is 0.693. The third-order valence-electron chi connectivity index (χ3n) is 1.55. The van der Waals surface area contributed by atoms with Gasteiger partial charge in [-0.25, -0.2) is 10.1 Å². The second-order valence-corrected chi connectivity index (χ2v) is 3.49. The van der Waals surface area contributed by atoms with Gasteiger partial charge in [0.25, 0.3) is 0 Å². The second-order valence-electron chi connectivity index (χ2n) is 2.63. The number of nitrogens with one attached hydrogen (secondary N) is 3. The monoisotopic (exact) mass is 210 g/mol. The molecule has 2 aromatic heterocycles. The molecule has 14 heavy (non-hydrogen) atoms. The Kier molecular flexibility index (Phi) is 2.70. The molecule has 0 amide bonds. The third kappa shape index (κ3) is 2.06. The first-order valence-electron chi connectivity index (χ1n) is 4.10. The summed E-state index contributed by atoms with van der Waals surface area (Å²) in [6.45, 7) is 0.772. The largest absolute Gasteiger partial charge is 0.314 e. The van der Waals surface area contributed by atoms with Gasteiger partial charge >= 0.3 is 0 Å². The Morgan fingerprint density at radius 3 is 3.21 bits per heavy atom. The van der Waals surface area contributed by atoms with Gasteiger partial charge in [-0.2, -0.15) is 10.1 Å². The zero-order chi connectivity index (χ0) is 9.80. The number of hydrogen-bond donors (Lipinski definition) is 3. The van der Waals surface area contributed by atoms with Crippen LogP contribution in [0.3, 0.4) is 0 Å². The first kappa shape index (κ1) is 9.10. The van der Waals surface area contributed by atoms with Crippen LogP contribution in [-0.4, -0.2) is 27.2 Å². The highest BCUT2D eigenvalue weighted by Gasteiger charge is 2.02. The lowest BCUT2D eigenvalue weighted by atomic mass is 10.5. The Hall–Kier alpha value is -1.47. The van der Waals surface area contributed by atoms with Crippen molar-refractivity contribution in [3.05, 3.63) is 17.4 Å². The van der Waals surface area contributed by atoms with Crippen LogP contribution in [0.5, 0.6) is 0 Å². The Balaban J connectivity index is 2.03. The third-order valence-corrected chi connectivity index (χ3v) is 2.36. The first-order valence-corrected chi connectivity index (χ1v) is 4.98. The molecule has 2 heterocycles. The summed E-state index contributed by atoms with van der Waals surface area (Å²) in [4.78, 5) is 8.27. The van der Waals surface area contributed by atoms with Gasteiger partial charge in [-0.3, -0.25) is 0 Å². The highest BCUT2D eigenvalue weighted by Crippen LogP contribution is 2.17. The molecule has 0 aromatic carbocycles. The van der Waals surface area contributed by atoms with E-state index in [4.69, 9.17) is 0 Å². The van der Waals surface area contributed by atoms with Crippen LogP contribution in [-0.2, 0) is 6.54 Å². The number of aromatic nitrogens is 4. The molecule has 6 nitrogen and oxygen atoms in total. The van der Waals surface area contributed by atoms with Crippen molar-refractivity contribution in [1.29, 1.82) is 0 Å². The van der Waals surface area contributed by atoms with E-state index in [0.29, 0.717) is 5.95 Å². The van der Waals surface area contributed by atoms with Gasteiger partial charge in [0, 0.05) is 11.9 Å². The van der Waals surface area contributed by atoms with Gasteiger partial charge in [0.1, 0.15) is 6.33 Å². The smallest absolute Gasteiger partial charge is 0.224 e. The van der Waals surface area contributed by atoms with Crippen molar-refractivity contribution in [3.8, 4) is 0 Å². The van der Waals surface area contributed by atoms with E-state index in [2.05, 4.69) is 30.8 Å². The van der Waals surface area contributed by atoms with Crippen LogP contribution >= 0.6 is 11.3 Å². The maximum atomic E-state index is 4.33. The predicted octanol–water partition coefficient (Wildman–Crippen LogP) is 0.724. The summed E-state index contributed by atoms with van der Waals surface area (Å²) in [5.41, 5.74) is 1.01. The number of anilines is 2. The Bertz CT molecular complexity index is 381. The van der Waals surface area contributed by atoms with Crippen molar-refractivity contribution in [2.24, 2.45) is 0 Å². The van der Waals surface area contributed by atoms with Crippen molar-refractivity contribution in [2.45, 2.75) is 6.54 Å². The summed E-state index contributed by atoms with van der Waals surface area (Å²) in [5, 5.41) is 15.3. The van der Waals surface area contributed by atoms with E-state index in [1.54, 1.807) is 0 Å². The molecule has 0 bridgehead atoms. The van der Waals surface area contributed by atoms with Crippen molar-refractivity contribution in [1.82, 2.24) is 25.5 Å². The van der Waals surface area contributed by atoms with Crippen LogP contribution in [0.15, 0.2) is 11.7 Å². The molecule has 0 fully saturated rings. The topological polar surface area (TPSA) is 78.5 Å².